The van der Waals surface area contributed by atoms with Gasteiger partial charge < -0.3 is 16.0 Å². The number of carbonyl (C=O) groups is 2. The number of pyridine rings is 1. The van der Waals surface area contributed by atoms with Gasteiger partial charge >= 0.3 is 0 Å². The van der Waals surface area contributed by atoms with Gasteiger partial charge in [-0.3, -0.25) is 14.6 Å². The minimum atomic E-state index is -0.124. The molecule has 3 N–H and O–H groups in total. The molecule has 6 nitrogen and oxygen atoms in total. The fourth-order valence-electron chi connectivity index (χ4n) is 3.42. The van der Waals surface area contributed by atoms with E-state index >= 15 is 0 Å². The predicted molar refractivity (Wildman–Crippen MR) is 109 cm³/mol. The normalized spacial score (nSPS) is 17.1. The molecule has 28 heavy (non-hydrogen) atoms. The summed E-state index contributed by atoms with van der Waals surface area (Å²) < 4.78 is 0. The third kappa shape index (κ3) is 6.16. The SMILES string of the molecule is O=C(CCCNC(=O)C1CCCN1)NC(Cc1ccccn1)c1ccccc1. The molecule has 2 atom stereocenters. The quantitative estimate of drug-likeness (QED) is 0.582. The molecule has 2 heterocycles. The Balaban J connectivity index is 1.47. The maximum atomic E-state index is 12.5. The number of rotatable bonds is 9. The molecule has 1 aromatic heterocycles. The Bertz CT molecular complexity index is 746. The van der Waals surface area contributed by atoms with Gasteiger partial charge in [-0.15, -0.1) is 0 Å². The van der Waals surface area contributed by atoms with E-state index in [9.17, 15) is 9.59 Å². The molecule has 148 valence electrons. The number of nitrogens with zero attached hydrogens (tertiary/aromatic N) is 1. The van der Waals surface area contributed by atoms with Crippen LogP contribution in [-0.4, -0.2) is 35.9 Å². The second-order valence-electron chi connectivity index (χ2n) is 7.10. The van der Waals surface area contributed by atoms with Gasteiger partial charge in [0, 0.05) is 31.3 Å². The molecule has 6 heteroatoms. The molecule has 0 radical (unpaired) electrons. The second kappa shape index (κ2) is 10.6. The van der Waals surface area contributed by atoms with Crippen LogP contribution in [0.15, 0.2) is 54.7 Å². The van der Waals surface area contributed by atoms with Crippen LogP contribution < -0.4 is 16.0 Å². The van der Waals surface area contributed by atoms with Crippen molar-refractivity contribution in [2.45, 2.75) is 44.2 Å². The van der Waals surface area contributed by atoms with Gasteiger partial charge in [0.25, 0.3) is 0 Å². The van der Waals surface area contributed by atoms with Crippen molar-refractivity contribution in [2.75, 3.05) is 13.1 Å². The first-order chi connectivity index (χ1) is 13.7. The van der Waals surface area contributed by atoms with Crippen LogP contribution in [0.4, 0.5) is 0 Å². The summed E-state index contributed by atoms with van der Waals surface area (Å²) in [4.78, 5) is 28.8. The van der Waals surface area contributed by atoms with Crippen molar-refractivity contribution in [1.29, 1.82) is 0 Å². The summed E-state index contributed by atoms with van der Waals surface area (Å²) in [6, 6.07) is 15.5. The lowest BCUT2D eigenvalue weighted by atomic mass is 10.0. The van der Waals surface area contributed by atoms with Gasteiger partial charge in [-0.1, -0.05) is 36.4 Å². The lowest BCUT2D eigenvalue weighted by Gasteiger charge is -2.19. The number of benzene rings is 1. The van der Waals surface area contributed by atoms with Crippen LogP contribution >= 0.6 is 0 Å². The lowest BCUT2D eigenvalue weighted by molar-refractivity contribution is -0.124. The van der Waals surface area contributed by atoms with Crippen LogP contribution in [0.5, 0.6) is 0 Å². The zero-order chi connectivity index (χ0) is 19.6. The minimum Gasteiger partial charge on any atom is -0.355 e. The van der Waals surface area contributed by atoms with Crippen LogP contribution in [0, 0.1) is 0 Å². The Kier molecular flexibility index (Phi) is 7.55. The summed E-state index contributed by atoms with van der Waals surface area (Å²) >= 11 is 0. The van der Waals surface area contributed by atoms with Crippen molar-refractivity contribution >= 4 is 11.8 Å². The van der Waals surface area contributed by atoms with Crippen LogP contribution in [0.3, 0.4) is 0 Å². The van der Waals surface area contributed by atoms with E-state index in [4.69, 9.17) is 0 Å². The second-order valence-corrected chi connectivity index (χ2v) is 7.10. The van der Waals surface area contributed by atoms with Crippen molar-refractivity contribution in [1.82, 2.24) is 20.9 Å². The molecule has 2 aromatic rings. The fourth-order valence-corrected chi connectivity index (χ4v) is 3.42. The van der Waals surface area contributed by atoms with Crippen molar-refractivity contribution < 1.29 is 9.59 Å². The molecule has 2 amide bonds. The van der Waals surface area contributed by atoms with E-state index < -0.39 is 0 Å². The molecule has 1 saturated heterocycles. The van der Waals surface area contributed by atoms with E-state index in [1.807, 2.05) is 48.5 Å². The molecule has 2 unspecified atom stereocenters. The lowest BCUT2D eigenvalue weighted by Crippen LogP contribution is -2.41. The zero-order valence-electron chi connectivity index (χ0n) is 16.1. The summed E-state index contributed by atoms with van der Waals surface area (Å²) in [7, 11) is 0. The Morgan fingerprint density at radius 2 is 1.96 bits per heavy atom. The van der Waals surface area contributed by atoms with Gasteiger partial charge in [-0.2, -0.15) is 0 Å². The van der Waals surface area contributed by atoms with Gasteiger partial charge in [0.2, 0.25) is 11.8 Å². The first-order valence-corrected chi connectivity index (χ1v) is 9.97. The highest BCUT2D eigenvalue weighted by Crippen LogP contribution is 2.17. The Morgan fingerprint density at radius 3 is 2.68 bits per heavy atom. The average Bonchev–Trinajstić information content (AvgIpc) is 3.27. The first kappa shape index (κ1) is 20.0. The number of amides is 2. The van der Waals surface area contributed by atoms with Crippen molar-refractivity contribution in [3.63, 3.8) is 0 Å². The topological polar surface area (TPSA) is 83.1 Å². The minimum absolute atomic E-state index is 0.0157. The van der Waals surface area contributed by atoms with E-state index in [1.54, 1.807) is 6.20 Å². The molecule has 0 aliphatic carbocycles. The Morgan fingerprint density at radius 1 is 1.14 bits per heavy atom. The highest BCUT2D eigenvalue weighted by molar-refractivity contribution is 5.82. The molecule has 1 aliphatic heterocycles. The summed E-state index contributed by atoms with van der Waals surface area (Å²) in [5.41, 5.74) is 2.00. The van der Waals surface area contributed by atoms with E-state index in [0.29, 0.717) is 25.8 Å². The number of carbonyl (C=O) groups excluding carboxylic acids is 2. The standard InChI is InChI=1S/C22H28N4O2/c27-21(12-7-15-25-22(28)19-11-6-14-24-19)26-20(17-8-2-1-3-9-17)16-18-10-4-5-13-23-18/h1-5,8-10,13,19-20,24H,6-7,11-12,14-16H2,(H,25,28)(H,26,27). The van der Waals surface area contributed by atoms with Crippen LogP contribution in [0.2, 0.25) is 0 Å². The molecule has 0 spiro atoms. The number of hydrogen-bond donors (Lipinski definition) is 3. The van der Waals surface area contributed by atoms with Crippen molar-refractivity contribution in [3.05, 3.63) is 66.0 Å². The monoisotopic (exact) mass is 380 g/mol. The van der Waals surface area contributed by atoms with Crippen LogP contribution in [-0.2, 0) is 16.0 Å². The van der Waals surface area contributed by atoms with E-state index in [2.05, 4.69) is 20.9 Å². The third-order valence-corrected chi connectivity index (χ3v) is 4.93. The number of hydrogen-bond acceptors (Lipinski definition) is 4. The zero-order valence-corrected chi connectivity index (χ0v) is 16.1. The van der Waals surface area contributed by atoms with E-state index in [1.165, 1.54) is 0 Å². The molecule has 1 fully saturated rings. The molecule has 3 rings (SSSR count). The highest BCUT2D eigenvalue weighted by atomic mass is 16.2. The third-order valence-electron chi connectivity index (χ3n) is 4.93. The number of aromatic nitrogens is 1. The molecule has 0 bridgehead atoms. The summed E-state index contributed by atoms with van der Waals surface area (Å²) in [6.07, 6.45) is 5.33. The van der Waals surface area contributed by atoms with Gasteiger partial charge in [-0.25, -0.2) is 0 Å². The van der Waals surface area contributed by atoms with Crippen molar-refractivity contribution in [3.8, 4) is 0 Å². The van der Waals surface area contributed by atoms with Crippen LogP contribution in [0.1, 0.15) is 43.0 Å². The molecular formula is C22H28N4O2. The largest absolute Gasteiger partial charge is 0.355 e. The van der Waals surface area contributed by atoms with Crippen LogP contribution in [0.25, 0.3) is 0 Å². The maximum absolute atomic E-state index is 12.5. The van der Waals surface area contributed by atoms with Gasteiger partial charge in [-0.05, 0) is 43.5 Å². The molecule has 1 aliphatic rings. The summed E-state index contributed by atoms with van der Waals surface area (Å²) in [5.74, 6) is 0.0215. The van der Waals surface area contributed by atoms with Crippen molar-refractivity contribution in [2.24, 2.45) is 0 Å². The van der Waals surface area contributed by atoms with Gasteiger partial charge in [0.05, 0.1) is 12.1 Å². The maximum Gasteiger partial charge on any atom is 0.237 e. The fraction of sp³-hybridized carbons (Fsp3) is 0.409. The van der Waals surface area contributed by atoms with E-state index in [0.717, 1.165) is 30.6 Å². The summed E-state index contributed by atoms with van der Waals surface area (Å²) in [6.45, 7) is 1.41. The Labute approximate surface area is 166 Å². The summed E-state index contributed by atoms with van der Waals surface area (Å²) in [5, 5.41) is 9.21. The smallest absolute Gasteiger partial charge is 0.237 e. The average molecular weight is 380 g/mol. The number of nitrogens with one attached hydrogen (secondary N) is 3. The molecule has 1 aromatic carbocycles. The predicted octanol–water partition coefficient (Wildman–Crippen LogP) is 2.13. The molecule has 0 saturated carbocycles. The Hall–Kier alpha value is -2.73. The first-order valence-electron chi connectivity index (χ1n) is 9.97. The molecular weight excluding hydrogens is 352 g/mol. The van der Waals surface area contributed by atoms with Gasteiger partial charge in [0.15, 0.2) is 0 Å². The van der Waals surface area contributed by atoms with Gasteiger partial charge in [0.1, 0.15) is 0 Å². The van der Waals surface area contributed by atoms with E-state index in [-0.39, 0.29) is 23.9 Å². The highest BCUT2D eigenvalue weighted by Gasteiger charge is 2.21.